The lowest BCUT2D eigenvalue weighted by Crippen LogP contribution is -2.27. The van der Waals surface area contributed by atoms with E-state index in [1.165, 1.54) is 4.57 Å². The zero-order valence-corrected chi connectivity index (χ0v) is 11.9. The van der Waals surface area contributed by atoms with Crippen molar-refractivity contribution in [3.05, 3.63) is 53.3 Å². The average Bonchev–Trinajstić information content (AvgIpc) is 2.89. The van der Waals surface area contributed by atoms with E-state index < -0.39 is 0 Å². The van der Waals surface area contributed by atoms with Crippen molar-refractivity contribution in [2.45, 2.75) is 13.0 Å². The third-order valence-electron chi connectivity index (χ3n) is 4.03. The summed E-state index contributed by atoms with van der Waals surface area (Å²) in [4.78, 5) is 21.5. The predicted molar refractivity (Wildman–Crippen MR) is 83.5 cm³/mol. The highest BCUT2D eigenvalue weighted by Crippen LogP contribution is 2.23. The van der Waals surface area contributed by atoms with Gasteiger partial charge in [0.25, 0.3) is 5.91 Å². The molecule has 1 aliphatic rings. The Bertz CT molecular complexity index is 883. The van der Waals surface area contributed by atoms with Crippen molar-refractivity contribution in [1.82, 2.24) is 19.9 Å². The molecule has 110 valence electrons. The van der Waals surface area contributed by atoms with E-state index >= 15 is 0 Å². The molecule has 3 N–H and O–H groups in total. The molecule has 0 saturated carbocycles. The number of anilines is 1. The summed E-state index contributed by atoms with van der Waals surface area (Å²) in [6.07, 6.45) is 4.25. The number of para-hydroxylation sites is 2. The molecular formula is C16H15N5O. The first-order chi connectivity index (χ1) is 10.8. The van der Waals surface area contributed by atoms with E-state index in [9.17, 15) is 4.79 Å². The van der Waals surface area contributed by atoms with Crippen LogP contribution in [-0.4, -0.2) is 27.0 Å². The molecule has 0 radical (unpaired) electrons. The summed E-state index contributed by atoms with van der Waals surface area (Å²) >= 11 is 0. The summed E-state index contributed by atoms with van der Waals surface area (Å²) in [6, 6.07) is 7.44. The Morgan fingerprint density at radius 1 is 1.27 bits per heavy atom. The Hall–Kier alpha value is -2.73. The first kappa shape index (κ1) is 13.0. The standard InChI is InChI=1S/C16H15N5O/c17-16-20-13-3-1-2-4-14(13)21(16)15(22)12-9-19-8-10-7-18-6-5-11(10)12/h1-4,8-9,18H,5-7H2,(H2,17,20). The highest BCUT2D eigenvalue weighted by molar-refractivity contribution is 6.04. The number of benzene rings is 1. The van der Waals surface area contributed by atoms with Gasteiger partial charge < -0.3 is 11.1 Å². The lowest BCUT2D eigenvalue weighted by molar-refractivity contribution is 0.0965. The number of imidazole rings is 1. The van der Waals surface area contributed by atoms with E-state index in [2.05, 4.69) is 15.3 Å². The van der Waals surface area contributed by atoms with Gasteiger partial charge in [-0.25, -0.2) is 9.55 Å². The average molecular weight is 293 g/mol. The SMILES string of the molecule is Nc1nc2ccccc2n1C(=O)c1cncc2c1CCNC2. The minimum Gasteiger partial charge on any atom is -0.369 e. The maximum atomic E-state index is 13.0. The van der Waals surface area contributed by atoms with Gasteiger partial charge >= 0.3 is 0 Å². The predicted octanol–water partition coefficient (Wildman–Crippen LogP) is 1.35. The molecule has 0 fully saturated rings. The van der Waals surface area contributed by atoms with Crippen molar-refractivity contribution in [2.24, 2.45) is 0 Å². The van der Waals surface area contributed by atoms with Crippen molar-refractivity contribution < 1.29 is 4.79 Å². The number of nitrogens with one attached hydrogen (secondary N) is 1. The highest BCUT2D eigenvalue weighted by Gasteiger charge is 2.22. The van der Waals surface area contributed by atoms with Crippen LogP contribution in [0.2, 0.25) is 0 Å². The summed E-state index contributed by atoms with van der Waals surface area (Å²) in [6.45, 7) is 1.60. The molecule has 6 heteroatoms. The number of pyridine rings is 1. The van der Waals surface area contributed by atoms with Crippen molar-refractivity contribution in [3.63, 3.8) is 0 Å². The van der Waals surface area contributed by atoms with Gasteiger partial charge in [0, 0.05) is 18.9 Å². The van der Waals surface area contributed by atoms with Crippen molar-refractivity contribution in [3.8, 4) is 0 Å². The smallest absolute Gasteiger partial charge is 0.267 e. The number of hydrogen-bond donors (Lipinski definition) is 2. The molecular weight excluding hydrogens is 278 g/mol. The highest BCUT2D eigenvalue weighted by atomic mass is 16.2. The number of carbonyl (C=O) groups excluding carboxylic acids is 1. The van der Waals surface area contributed by atoms with Gasteiger partial charge in [-0.15, -0.1) is 0 Å². The van der Waals surface area contributed by atoms with Gasteiger partial charge in [0.15, 0.2) is 0 Å². The third kappa shape index (κ3) is 1.88. The minimum absolute atomic E-state index is 0.169. The van der Waals surface area contributed by atoms with Crippen LogP contribution < -0.4 is 11.1 Å². The summed E-state index contributed by atoms with van der Waals surface area (Å²) in [5.41, 5.74) is 10.1. The van der Waals surface area contributed by atoms with Crippen molar-refractivity contribution in [2.75, 3.05) is 12.3 Å². The molecule has 3 aromatic rings. The van der Waals surface area contributed by atoms with Gasteiger partial charge in [-0.3, -0.25) is 9.78 Å². The summed E-state index contributed by atoms with van der Waals surface area (Å²) < 4.78 is 1.47. The largest absolute Gasteiger partial charge is 0.369 e. The molecule has 0 unspecified atom stereocenters. The Morgan fingerprint density at radius 3 is 3.05 bits per heavy atom. The van der Waals surface area contributed by atoms with Gasteiger partial charge in [-0.2, -0.15) is 0 Å². The molecule has 2 aromatic heterocycles. The first-order valence-electron chi connectivity index (χ1n) is 7.20. The number of nitrogens with zero attached hydrogens (tertiary/aromatic N) is 3. The summed E-state index contributed by atoms with van der Waals surface area (Å²) in [5.74, 6) is 0.0372. The van der Waals surface area contributed by atoms with Crippen LogP contribution in [0, 0.1) is 0 Å². The van der Waals surface area contributed by atoms with Crippen LogP contribution in [0.1, 0.15) is 21.5 Å². The summed E-state index contributed by atoms with van der Waals surface area (Å²) in [7, 11) is 0. The molecule has 0 saturated heterocycles. The molecule has 0 bridgehead atoms. The molecule has 1 aromatic carbocycles. The van der Waals surface area contributed by atoms with Gasteiger partial charge in [0.05, 0.1) is 16.6 Å². The number of nitrogen functional groups attached to an aromatic ring is 1. The number of carbonyl (C=O) groups is 1. The fourth-order valence-electron chi connectivity index (χ4n) is 2.98. The van der Waals surface area contributed by atoms with E-state index in [1.807, 2.05) is 30.5 Å². The van der Waals surface area contributed by atoms with Crippen LogP contribution in [0.25, 0.3) is 11.0 Å². The number of hydrogen-bond acceptors (Lipinski definition) is 5. The quantitative estimate of drug-likeness (QED) is 0.707. The molecule has 0 atom stereocenters. The van der Waals surface area contributed by atoms with Crippen molar-refractivity contribution >= 4 is 22.9 Å². The zero-order chi connectivity index (χ0) is 15.1. The second-order valence-corrected chi connectivity index (χ2v) is 5.35. The first-order valence-corrected chi connectivity index (χ1v) is 7.20. The second-order valence-electron chi connectivity index (χ2n) is 5.35. The Labute approximate surface area is 127 Å². The van der Waals surface area contributed by atoms with Crippen LogP contribution in [0.3, 0.4) is 0 Å². The number of nitrogens with two attached hydrogens (primary N) is 1. The monoisotopic (exact) mass is 293 g/mol. The van der Waals surface area contributed by atoms with E-state index in [0.717, 1.165) is 36.2 Å². The van der Waals surface area contributed by atoms with Crippen LogP contribution >= 0.6 is 0 Å². The molecule has 4 rings (SSSR count). The topological polar surface area (TPSA) is 85.8 Å². The molecule has 0 aliphatic carbocycles. The third-order valence-corrected chi connectivity index (χ3v) is 4.03. The number of fused-ring (bicyclic) bond motifs is 2. The van der Waals surface area contributed by atoms with Crippen LogP contribution in [0.15, 0.2) is 36.7 Å². The zero-order valence-electron chi connectivity index (χ0n) is 11.9. The molecule has 0 spiro atoms. The lowest BCUT2D eigenvalue weighted by atomic mass is 9.98. The number of rotatable bonds is 1. The van der Waals surface area contributed by atoms with Crippen LogP contribution in [0.4, 0.5) is 5.95 Å². The fraction of sp³-hybridized carbons (Fsp3) is 0.188. The molecule has 6 nitrogen and oxygen atoms in total. The molecule has 3 heterocycles. The van der Waals surface area contributed by atoms with Gasteiger partial charge in [0.1, 0.15) is 0 Å². The lowest BCUT2D eigenvalue weighted by Gasteiger charge is -2.19. The summed E-state index contributed by atoms with van der Waals surface area (Å²) in [5, 5.41) is 3.29. The van der Waals surface area contributed by atoms with E-state index in [4.69, 9.17) is 5.73 Å². The van der Waals surface area contributed by atoms with E-state index in [0.29, 0.717) is 11.1 Å². The fourth-order valence-corrected chi connectivity index (χ4v) is 2.98. The van der Waals surface area contributed by atoms with E-state index in [1.54, 1.807) is 6.20 Å². The molecule has 1 aliphatic heterocycles. The number of aromatic nitrogens is 3. The molecule has 0 amide bonds. The van der Waals surface area contributed by atoms with Gasteiger partial charge in [-0.05, 0) is 36.2 Å². The van der Waals surface area contributed by atoms with Gasteiger partial charge in [0.2, 0.25) is 5.95 Å². The maximum Gasteiger partial charge on any atom is 0.267 e. The van der Waals surface area contributed by atoms with Crippen LogP contribution in [-0.2, 0) is 13.0 Å². The van der Waals surface area contributed by atoms with Crippen molar-refractivity contribution in [1.29, 1.82) is 0 Å². The second kappa shape index (κ2) is 4.92. The van der Waals surface area contributed by atoms with E-state index in [-0.39, 0.29) is 11.9 Å². The van der Waals surface area contributed by atoms with Gasteiger partial charge in [-0.1, -0.05) is 12.1 Å². The molecule has 22 heavy (non-hydrogen) atoms. The normalized spacial score (nSPS) is 14.0. The Kier molecular flexibility index (Phi) is 2.90. The Morgan fingerprint density at radius 2 is 2.14 bits per heavy atom. The Balaban J connectivity index is 1.90. The van der Waals surface area contributed by atoms with Crippen LogP contribution in [0.5, 0.6) is 0 Å². The maximum absolute atomic E-state index is 13.0. The minimum atomic E-state index is -0.169.